The number of H-pyrrole nitrogens is 2. The van der Waals surface area contributed by atoms with Crippen LogP contribution < -0.4 is 11.0 Å². The van der Waals surface area contributed by atoms with E-state index in [4.69, 9.17) is 24.4 Å². The molecule has 0 unspecified atom stereocenters. The summed E-state index contributed by atoms with van der Waals surface area (Å²) in [6.45, 7) is 0. The zero-order chi connectivity index (χ0) is 17.8. The maximum atomic E-state index is 12.5. The molecule has 0 atom stereocenters. The number of nitrogens with zero attached hydrogens (tertiary/aromatic N) is 1. The minimum atomic E-state index is -0.165. The molecule has 6 heteroatoms. The molecule has 0 spiro atoms. The fourth-order valence-corrected chi connectivity index (χ4v) is 3.70. The molecule has 0 aliphatic heterocycles. The Morgan fingerprint density at radius 3 is 2.69 bits per heavy atom. The molecule has 5 aromatic rings. The number of imidazole rings is 1. The molecule has 0 saturated carbocycles. The van der Waals surface area contributed by atoms with Crippen LogP contribution in [0.1, 0.15) is 0 Å². The second kappa shape index (κ2) is 5.48. The predicted octanol–water partition coefficient (Wildman–Crippen LogP) is 3.67. The highest BCUT2D eigenvalue weighted by Gasteiger charge is 2.16. The standard InChI is InChI=1S/C20H11BClN3O/c21-10-5-6-11-14(9-10)16-13(7-8-23-20(16)26)18-17(11)24-19(25-18)12-3-1-2-4-15(12)22/h1-9H,(H,23,26)(H,24,25). The molecule has 0 aliphatic rings. The first-order valence-corrected chi connectivity index (χ1v) is 8.48. The van der Waals surface area contributed by atoms with Crippen LogP contribution in [0.2, 0.25) is 5.02 Å². The number of hydrogen-bond acceptors (Lipinski definition) is 2. The molecule has 122 valence electrons. The third-order valence-electron chi connectivity index (χ3n) is 4.63. The minimum Gasteiger partial charge on any atom is -0.337 e. The predicted molar refractivity (Wildman–Crippen MR) is 108 cm³/mol. The maximum Gasteiger partial charge on any atom is 0.256 e. The first-order chi connectivity index (χ1) is 12.6. The van der Waals surface area contributed by atoms with Crippen LogP contribution in [0.3, 0.4) is 0 Å². The van der Waals surface area contributed by atoms with E-state index in [-0.39, 0.29) is 5.56 Å². The fourth-order valence-electron chi connectivity index (χ4n) is 3.47. The molecule has 2 N–H and O–H groups in total. The summed E-state index contributed by atoms with van der Waals surface area (Å²) < 4.78 is 0. The summed E-state index contributed by atoms with van der Waals surface area (Å²) in [7, 11) is 5.97. The van der Waals surface area contributed by atoms with E-state index >= 15 is 0 Å². The van der Waals surface area contributed by atoms with Crippen molar-refractivity contribution in [2.75, 3.05) is 0 Å². The number of pyridine rings is 1. The Labute approximate surface area is 154 Å². The van der Waals surface area contributed by atoms with Gasteiger partial charge in [-0.05, 0) is 23.6 Å². The van der Waals surface area contributed by atoms with Gasteiger partial charge in [-0.25, -0.2) is 4.98 Å². The van der Waals surface area contributed by atoms with Gasteiger partial charge in [0.15, 0.2) is 0 Å². The Hall–Kier alpha value is -3.05. The van der Waals surface area contributed by atoms with Gasteiger partial charge in [-0.1, -0.05) is 47.4 Å². The highest BCUT2D eigenvalue weighted by molar-refractivity contribution is 6.35. The van der Waals surface area contributed by atoms with Crippen molar-refractivity contribution < 1.29 is 0 Å². The van der Waals surface area contributed by atoms with Crippen LogP contribution in [0.4, 0.5) is 0 Å². The summed E-state index contributed by atoms with van der Waals surface area (Å²) in [5.41, 5.74) is 2.84. The van der Waals surface area contributed by atoms with E-state index in [1.807, 2.05) is 48.5 Å². The summed E-state index contributed by atoms with van der Waals surface area (Å²) in [6.07, 6.45) is 1.63. The summed E-state index contributed by atoms with van der Waals surface area (Å²) in [5.74, 6) is 0.663. The van der Waals surface area contributed by atoms with Crippen molar-refractivity contribution >= 4 is 57.5 Å². The molecule has 5 rings (SSSR count). The third kappa shape index (κ3) is 2.11. The second-order valence-corrected chi connectivity index (χ2v) is 6.60. The molecular formula is C20H11BClN3O. The van der Waals surface area contributed by atoms with Crippen molar-refractivity contribution in [1.82, 2.24) is 15.0 Å². The van der Waals surface area contributed by atoms with Crippen LogP contribution in [0.15, 0.2) is 59.5 Å². The van der Waals surface area contributed by atoms with Crippen molar-refractivity contribution in [1.29, 1.82) is 0 Å². The highest BCUT2D eigenvalue weighted by atomic mass is 35.5. The number of hydrogen-bond donors (Lipinski definition) is 2. The smallest absolute Gasteiger partial charge is 0.256 e. The molecule has 2 radical (unpaired) electrons. The van der Waals surface area contributed by atoms with Gasteiger partial charge in [-0.15, -0.1) is 0 Å². The van der Waals surface area contributed by atoms with E-state index in [9.17, 15) is 4.79 Å². The van der Waals surface area contributed by atoms with Gasteiger partial charge >= 0.3 is 0 Å². The molecular weight excluding hydrogens is 345 g/mol. The van der Waals surface area contributed by atoms with Gasteiger partial charge in [-0.3, -0.25) is 4.79 Å². The number of aromatic nitrogens is 3. The molecule has 2 heterocycles. The first-order valence-electron chi connectivity index (χ1n) is 8.11. The molecule has 0 aliphatic carbocycles. The molecule has 2 aromatic heterocycles. The summed E-state index contributed by atoms with van der Waals surface area (Å²) in [6, 6.07) is 14.9. The minimum absolute atomic E-state index is 0.165. The van der Waals surface area contributed by atoms with E-state index in [1.165, 1.54) is 0 Å². The number of halogens is 1. The molecule has 26 heavy (non-hydrogen) atoms. The number of benzene rings is 3. The monoisotopic (exact) mass is 355 g/mol. The van der Waals surface area contributed by atoms with Gasteiger partial charge in [0.25, 0.3) is 5.56 Å². The van der Waals surface area contributed by atoms with E-state index in [0.717, 1.165) is 32.8 Å². The van der Waals surface area contributed by atoms with Gasteiger partial charge in [0.1, 0.15) is 13.7 Å². The lowest BCUT2D eigenvalue weighted by Gasteiger charge is -2.06. The van der Waals surface area contributed by atoms with Gasteiger partial charge < -0.3 is 9.97 Å². The Morgan fingerprint density at radius 2 is 1.85 bits per heavy atom. The quantitative estimate of drug-likeness (QED) is 0.356. The Bertz CT molecular complexity index is 1390. The normalized spacial score (nSPS) is 11.6. The van der Waals surface area contributed by atoms with Crippen molar-refractivity contribution in [2.45, 2.75) is 0 Å². The van der Waals surface area contributed by atoms with Crippen molar-refractivity contribution in [2.24, 2.45) is 0 Å². The van der Waals surface area contributed by atoms with Gasteiger partial charge in [0, 0.05) is 22.5 Å². The van der Waals surface area contributed by atoms with E-state index in [1.54, 1.807) is 6.20 Å². The lowest BCUT2D eigenvalue weighted by atomic mass is 9.91. The zero-order valence-electron chi connectivity index (χ0n) is 13.5. The average Bonchev–Trinajstić information content (AvgIpc) is 3.07. The highest BCUT2D eigenvalue weighted by Crippen LogP contribution is 2.34. The van der Waals surface area contributed by atoms with Gasteiger partial charge in [0.05, 0.1) is 21.4 Å². The average molecular weight is 356 g/mol. The molecule has 0 saturated heterocycles. The van der Waals surface area contributed by atoms with Crippen LogP contribution in [-0.4, -0.2) is 22.8 Å². The lowest BCUT2D eigenvalue weighted by molar-refractivity contribution is 1.28. The second-order valence-electron chi connectivity index (χ2n) is 6.19. The number of fused-ring (bicyclic) bond motifs is 6. The molecule has 0 fully saturated rings. The molecule has 0 amide bonds. The maximum absolute atomic E-state index is 12.5. The van der Waals surface area contributed by atoms with Gasteiger partial charge in [0.2, 0.25) is 0 Å². The Morgan fingerprint density at radius 1 is 1.00 bits per heavy atom. The van der Waals surface area contributed by atoms with E-state index < -0.39 is 0 Å². The van der Waals surface area contributed by atoms with Crippen LogP contribution in [0, 0.1) is 0 Å². The number of aromatic amines is 2. The zero-order valence-corrected chi connectivity index (χ0v) is 14.3. The first kappa shape index (κ1) is 15.2. The van der Waals surface area contributed by atoms with Gasteiger partial charge in [-0.2, -0.15) is 0 Å². The van der Waals surface area contributed by atoms with Crippen molar-refractivity contribution in [3.05, 3.63) is 70.1 Å². The molecule has 3 aromatic carbocycles. The molecule has 4 nitrogen and oxygen atoms in total. The third-order valence-corrected chi connectivity index (χ3v) is 4.96. The van der Waals surface area contributed by atoms with Crippen molar-refractivity contribution in [3.63, 3.8) is 0 Å². The number of rotatable bonds is 1. The summed E-state index contributed by atoms with van der Waals surface area (Å²) in [4.78, 5) is 23.4. The Kier molecular flexibility index (Phi) is 3.21. The van der Waals surface area contributed by atoms with Crippen LogP contribution in [0.25, 0.3) is 44.0 Å². The summed E-state index contributed by atoms with van der Waals surface area (Å²) in [5, 5.41) is 3.66. The fraction of sp³-hybridized carbons (Fsp3) is 0. The lowest BCUT2D eigenvalue weighted by Crippen LogP contribution is -2.07. The molecule has 0 bridgehead atoms. The SMILES string of the molecule is [B]c1ccc2c(c1)c1c(=O)[nH]ccc1c1nc(-c3ccccc3Cl)[nH]c21. The summed E-state index contributed by atoms with van der Waals surface area (Å²) >= 11 is 6.34. The van der Waals surface area contributed by atoms with Crippen LogP contribution in [-0.2, 0) is 0 Å². The van der Waals surface area contributed by atoms with E-state index in [0.29, 0.717) is 21.7 Å². The Balaban J connectivity index is 2.02. The van der Waals surface area contributed by atoms with E-state index in [2.05, 4.69) is 9.97 Å². The van der Waals surface area contributed by atoms with Crippen LogP contribution in [0.5, 0.6) is 0 Å². The van der Waals surface area contributed by atoms with Crippen LogP contribution >= 0.6 is 11.6 Å². The van der Waals surface area contributed by atoms with Crippen molar-refractivity contribution in [3.8, 4) is 11.4 Å². The topological polar surface area (TPSA) is 61.5 Å². The largest absolute Gasteiger partial charge is 0.337 e. The number of nitrogens with one attached hydrogen (secondary N) is 2.